The fourth-order valence-electron chi connectivity index (χ4n) is 3.98. The maximum atomic E-state index is 13.1. The monoisotopic (exact) mass is 394 g/mol. The average Bonchev–Trinajstić information content (AvgIpc) is 3.46. The van der Waals surface area contributed by atoms with E-state index in [1.165, 1.54) is 0 Å². The van der Waals surface area contributed by atoms with E-state index in [0.29, 0.717) is 37.1 Å². The Morgan fingerprint density at radius 3 is 2.69 bits per heavy atom. The van der Waals surface area contributed by atoms with Gasteiger partial charge in [0.2, 0.25) is 11.8 Å². The van der Waals surface area contributed by atoms with Crippen molar-refractivity contribution >= 4 is 5.91 Å². The molecule has 2 atom stereocenters. The third kappa shape index (κ3) is 3.93. The minimum Gasteiger partial charge on any atom is -0.420 e. The van der Waals surface area contributed by atoms with Gasteiger partial charge < -0.3 is 14.2 Å². The van der Waals surface area contributed by atoms with Gasteiger partial charge in [0.25, 0.3) is 5.91 Å². The van der Waals surface area contributed by atoms with E-state index in [9.17, 15) is 4.79 Å². The molecule has 0 spiro atoms. The predicted octanol–water partition coefficient (Wildman–Crippen LogP) is 2.37. The second-order valence-electron chi connectivity index (χ2n) is 7.68. The quantitative estimate of drug-likeness (QED) is 0.639. The summed E-state index contributed by atoms with van der Waals surface area (Å²) < 4.78 is 7.77. The fourth-order valence-corrected chi connectivity index (χ4v) is 3.98. The van der Waals surface area contributed by atoms with Gasteiger partial charge in [-0.1, -0.05) is 18.2 Å². The summed E-state index contributed by atoms with van der Waals surface area (Å²) in [6.07, 6.45) is 1.67. The van der Waals surface area contributed by atoms with Crippen LogP contribution in [0.5, 0.6) is 0 Å². The number of nitrogens with zero attached hydrogens (tertiary/aromatic N) is 6. The molecule has 0 N–H and O–H groups in total. The first kappa shape index (κ1) is 19.3. The summed E-state index contributed by atoms with van der Waals surface area (Å²) in [7, 11) is 4.08. The Bertz CT molecular complexity index is 964. The van der Waals surface area contributed by atoms with Gasteiger partial charge in [0.1, 0.15) is 5.69 Å². The largest absolute Gasteiger partial charge is 0.420 e. The van der Waals surface area contributed by atoms with E-state index >= 15 is 0 Å². The van der Waals surface area contributed by atoms with Crippen LogP contribution in [0.4, 0.5) is 0 Å². The molecule has 1 fully saturated rings. The van der Waals surface area contributed by atoms with Crippen LogP contribution in [0.25, 0.3) is 11.5 Å². The number of carbonyl (C=O) groups is 1. The van der Waals surface area contributed by atoms with E-state index < -0.39 is 0 Å². The van der Waals surface area contributed by atoms with Crippen molar-refractivity contribution in [3.05, 3.63) is 54.2 Å². The normalized spacial score (nSPS) is 19.2. The number of hydrogen-bond donors (Lipinski definition) is 0. The zero-order chi connectivity index (χ0) is 20.4. The number of hydrogen-bond acceptors (Lipinski definition) is 6. The van der Waals surface area contributed by atoms with Gasteiger partial charge in [0, 0.05) is 43.9 Å². The van der Waals surface area contributed by atoms with Crippen molar-refractivity contribution < 1.29 is 9.21 Å². The third-order valence-electron chi connectivity index (χ3n) is 5.34. The van der Waals surface area contributed by atoms with Gasteiger partial charge in [-0.05, 0) is 39.2 Å². The van der Waals surface area contributed by atoms with Crippen molar-refractivity contribution in [1.29, 1.82) is 0 Å². The molecule has 1 saturated heterocycles. The zero-order valence-corrected chi connectivity index (χ0v) is 17.0. The first-order valence-corrected chi connectivity index (χ1v) is 9.91. The molecule has 4 rings (SSSR count). The Hall–Kier alpha value is -3.00. The van der Waals surface area contributed by atoms with E-state index in [0.717, 1.165) is 12.1 Å². The molecule has 1 aromatic carbocycles. The highest BCUT2D eigenvalue weighted by molar-refractivity contribution is 5.92. The van der Waals surface area contributed by atoms with Crippen LogP contribution in [-0.4, -0.2) is 69.4 Å². The van der Waals surface area contributed by atoms with Gasteiger partial charge in [0.15, 0.2) is 0 Å². The van der Waals surface area contributed by atoms with E-state index in [2.05, 4.69) is 20.2 Å². The minimum atomic E-state index is -0.00148. The summed E-state index contributed by atoms with van der Waals surface area (Å²) >= 11 is 0. The molecular formula is C21H26N6O2. The number of likely N-dealkylation sites (tertiary alicyclic amines) is 1. The number of benzene rings is 1. The van der Waals surface area contributed by atoms with Crippen LogP contribution in [0.1, 0.15) is 29.2 Å². The fraction of sp³-hybridized carbons (Fsp3) is 0.429. The Morgan fingerprint density at radius 2 is 1.97 bits per heavy atom. The van der Waals surface area contributed by atoms with Crippen molar-refractivity contribution in [2.45, 2.75) is 19.4 Å². The topological polar surface area (TPSA) is 80.3 Å². The molecular weight excluding hydrogens is 368 g/mol. The molecule has 2 aromatic heterocycles. The van der Waals surface area contributed by atoms with E-state index in [4.69, 9.17) is 4.42 Å². The summed E-state index contributed by atoms with van der Waals surface area (Å²) in [5, 5.41) is 12.8. The van der Waals surface area contributed by atoms with Crippen molar-refractivity contribution in [1.82, 2.24) is 29.8 Å². The van der Waals surface area contributed by atoms with Gasteiger partial charge >= 0.3 is 0 Å². The van der Waals surface area contributed by atoms with Gasteiger partial charge in [0.05, 0.1) is 5.92 Å². The van der Waals surface area contributed by atoms with Crippen molar-refractivity contribution in [3.63, 3.8) is 0 Å². The molecule has 8 heteroatoms. The Balaban J connectivity index is 1.58. The molecule has 0 bridgehead atoms. The molecule has 0 saturated carbocycles. The van der Waals surface area contributed by atoms with E-state index in [1.54, 1.807) is 16.9 Å². The smallest absolute Gasteiger partial charge is 0.272 e. The highest BCUT2D eigenvalue weighted by Gasteiger charge is 2.40. The molecule has 0 unspecified atom stereocenters. The molecule has 29 heavy (non-hydrogen) atoms. The number of aromatic nitrogens is 4. The van der Waals surface area contributed by atoms with Crippen LogP contribution < -0.4 is 0 Å². The van der Waals surface area contributed by atoms with Gasteiger partial charge in [-0.25, -0.2) is 0 Å². The lowest BCUT2D eigenvalue weighted by atomic mass is 9.95. The summed E-state index contributed by atoms with van der Waals surface area (Å²) in [6, 6.07) is 11.5. The molecule has 0 radical (unpaired) electrons. The molecule has 1 aliphatic rings. The standard InChI is InChI=1S/C21H26N6O2/c1-4-27-18(10-11-22-27)21(28)26-13-16(12-25(2)3)17(14-26)20-24-23-19(29-20)15-8-6-5-7-9-15/h5-11,16-17H,4,12-14H2,1-3H3/t16-,17-/m0/s1. The van der Waals surface area contributed by atoms with Crippen LogP contribution in [0.15, 0.2) is 47.0 Å². The maximum Gasteiger partial charge on any atom is 0.272 e. The molecule has 3 aromatic rings. The minimum absolute atomic E-state index is 0.00148. The first-order chi connectivity index (χ1) is 14.1. The predicted molar refractivity (Wildman–Crippen MR) is 108 cm³/mol. The third-order valence-corrected chi connectivity index (χ3v) is 5.34. The summed E-state index contributed by atoms with van der Waals surface area (Å²) in [5.41, 5.74) is 1.51. The lowest BCUT2D eigenvalue weighted by Gasteiger charge is -2.19. The molecule has 8 nitrogen and oxygen atoms in total. The highest BCUT2D eigenvalue weighted by Crippen LogP contribution is 2.34. The van der Waals surface area contributed by atoms with E-state index in [-0.39, 0.29) is 17.7 Å². The summed E-state index contributed by atoms with van der Waals surface area (Å²) in [5.74, 6) is 1.33. The molecule has 0 aliphatic carbocycles. The van der Waals surface area contributed by atoms with Gasteiger partial charge in [-0.3, -0.25) is 9.48 Å². The average molecular weight is 394 g/mol. The summed E-state index contributed by atoms with van der Waals surface area (Å²) in [4.78, 5) is 17.1. The number of aryl methyl sites for hydroxylation is 1. The van der Waals surface area contributed by atoms with Crippen LogP contribution in [0.3, 0.4) is 0 Å². The highest BCUT2D eigenvalue weighted by atomic mass is 16.4. The van der Waals surface area contributed by atoms with Crippen LogP contribution in [-0.2, 0) is 6.54 Å². The number of amides is 1. The molecule has 1 amide bonds. The second kappa shape index (κ2) is 8.16. The SMILES string of the molecule is CCn1nccc1C(=O)N1C[C@H](CN(C)C)[C@@H](c2nnc(-c3ccccc3)o2)C1. The molecule has 1 aliphatic heterocycles. The van der Waals surface area contributed by atoms with Gasteiger partial charge in [-0.15, -0.1) is 10.2 Å². The lowest BCUT2D eigenvalue weighted by molar-refractivity contribution is 0.0771. The lowest BCUT2D eigenvalue weighted by Crippen LogP contribution is -2.32. The van der Waals surface area contributed by atoms with Crippen LogP contribution >= 0.6 is 0 Å². The zero-order valence-electron chi connectivity index (χ0n) is 17.0. The van der Waals surface area contributed by atoms with Crippen molar-refractivity contribution in [2.24, 2.45) is 5.92 Å². The van der Waals surface area contributed by atoms with Crippen LogP contribution in [0.2, 0.25) is 0 Å². The second-order valence-corrected chi connectivity index (χ2v) is 7.68. The number of rotatable bonds is 6. The summed E-state index contributed by atoms with van der Waals surface area (Å²) in [6.45, 7) is 4.69. The van der Waals surface area contributed by atoms with Gasteiger partial charge in [-0.2, -0.15) is 5.10 Å². The van der Waals surface area contributed by atoms with E-state index in [1.807, 2.05) is 56.3 Å². The van der Waals surface area contributed by atoms with Crippen LogP contribution in [0, 0.1) is 5.92 Å². The van der Waals surface area contributed by atoms with Crippen molar-refractivity contribution in [3.8, 4) is 11.5 Å². The Kier molecular flexibility index (Phi) is 5.44. The van der Waals surface area contributed by atoms with Crippen molar-refractivity contribution in [2.75, 3.05) is 33.7 Å². The first-order valence-electron chi connectivity index (χ1n) is 9.91. The molecule has 3 heterocycles. The Morgan fingerprint density at radius 1 is 1.17 bits per heavy atom. The Labute approximate surface area is 170 Å². The molecule has 152 valence electrons. The maximum absolute atomic E-state index is 13.1. The number of carbonyl (C=O) groups excluding carboxylic acids is 1.